The highest BCUT2D eigenvalue weighted by atomic mass is 32.2. The van der Waals surface area contributed by atoms with Gasteiger partial charge in [0.1, 0.15) is 0 Å². The first-order chi connectivity index (χ1) is 9.97. The van der Waals surface area contributed by atoms with Gasteiger partial charge >= 0.3 is 5.97 Å². The lowest BCUT2D eigenvalue weighted by atomic mass is 10.0. The van der Waals surface area contributed by atoms with E-state index in [0.717, 1.165) is 16.5 Å². The monoisotopic (exact) mass is 324 g/mol. The number of rotatable bonds is 4. The lowest BCUT2D eigenvalue weighted by Gasteiger charge is -2.09. The van der Waals surface area contributed by atoms with Crippen LogP contribution in [0.4, 0.5) is 0 Å². The van der Waals surface area contributed by atoms with Gasteiger partial charge in [-0.05, 0) is 23.8 Å². The number of furan rings is 1. The van der Waals surface area contributed by atoms with Crippen molar-refractivity contribution < 1.29 is 22.7 Å². The lowest BCUT2D eigenvalue weighted by molar-refractivity contribution is 0.0656. The Hall–Kier alpha value is -1.73. The lowest BCUT2D eigenvalue weighted by Crippen LogP contribution is -2.14. The van der Waals surface area contributed by atoms with E-state index in [1.165, 1.54) is 6.07 Å². The van der Waals surface area contributed by atoms with Crippen molar-refractivity contribution in [1.29, 1.82) is 0 Å². The highest BCUT2D eigenvalue weighted by Gasteiger charge is 2.30. The molecule has 7 heteroatoms. The summed E-state index contributed by atoms with van der Waals surface area (Å²) in [5.41, 5.74) is 1.02. The number of thioether (sulfide) groups is 1. The van der Waals surface area contributed by atoms with Gasteiger partial charge in [0.15, 0.2) is 0 Å². The summed E-state index contributed by atoms with van der Waals surface area (Å²) >= 11 is 1.63. The molecule has 0 spiro atoms. The van der Waals surface area contributed by atoms with Gasteiger partial charge in [0.2, 0.25) is 20.7 Å². The van der Waals surface area contributed by atoms with E-state index in [1.54, 1.807) is 11.8 Å². The van der Waals surface area contributed by atoms with Crippen LogP contribution in [0.5, 0.6) is 0 Å². The standard InChI is InChI=1S/C14H12O5S2/c15-14(16)11-5-6-13(19-11)21(17,18)8-9-7-20-12-4-2-1-3-10(9)12/h1-6,9H,7-8H2,(H,15,16). The Morgan fingerprint density at radius 1 is 1.29 bits per heavy atom. The van der Waals surface area contributed by atoms with Crippen molar-refractivity contribution in [2.75, 3.05) is 11.5 Å². The number of carboxylic acid groups (broad SMARTS) is 1. The van der Waals surface area contributed by atoms with E-state index in [4.69, 9.17) is 9.52 Å². The van der Waals surface area contributed by atoms with Gasteiger partial charge in [-0.3, -0.25) is 0 Å². The number of aromatic carboxylic acids is 1. The van der Waals surface area contributed by atoms with Gasteiger partial charge in [-0.1, -0.05) is 18.2 Å². The SMILES string of the molecule is O=C(O)c1ccc(S(=O)(=O)CC2CSc3ccccc32)o1. The number of fused-ring (bicyclic) bond motifs is 1. The first-order valence-electron chi connectivity index (χ1n) is 6.25. The Kier molecular flexibility index (Phi) is 3.54. The predicted octanol–water partition coefficient (Wildman–Crippen LogP) is 2.64. The summed E-state index contributed by atoms with van der Waals surface area (Å²) in [6.07, 6.45) is 0. The maximum atomic E-state index is 12.3. The molecule has 1 aromatic heterocycles. The highest BCUT2D eigenvalue weighted by molar-refractivity contribution is 7.99. The molecule has 5 nitrogen and oxygen atoms in total. The number of sulfone groups is 1. The molecule has 2 heterocycles. The van der Waals surface area contributed by atoms with Crippen LogP contribution in [-0.2, 0) is 9.84 Å². The van der Waals surface area contributed by atoms with Gasteiger partial charge in [-0.15, -0.1) is 11.8 Å². The molecule has 21 heavy (non-hydrogen) atoms. The molecule has 0 aliphatic carbocycles. The van der Waals surface area contributed by atoms with Crippen molar-refractivity contribution in [3.8, 4) is 0 Å². The van der Waals surface area contributed by atoms with Crippen LogP contribution in [0.3, 0.4) is 0 Å². The zero-order valence-electron chi connectivity index (χ0n) is 10.9. The molecule has 1 aliphatic rings. The topological polar surface area (TPSA) is 84.6 Å². The first kappa shape index (κ1) is 14.2. The first-order valence-corrected chi connectivity index (χ1v) is 8.89. The molecule has 0 saturated carbocycles. The molecule has 1 aliphatic heterocycles. The Morgan fingerprint density at radius 2 is 2.05 bits per heavy atom. The van der Waals surface area contributed by atoms with Gasteiger partial charge in [-0.25, -0.2) is 13.2 Å². The Bertz CT molecular complexity index is 791. The van der Waals surface area contributed by atoms with E-state index >= 15 is 0 Å². The maximum Gasteiger partial charge on any atom is 0.371 e. The molecule has 2 aromatic rings. The van der Waals surface area contributed by atoms with Gasteiger partial charge in [-0.2, -0.15) is 0 Å². The number of hydrogen-bond donors (Lipinski definition) is 1. The summed E-state index contributed by atoms with van der Waals surface area (Å²) in [5.74, 6) is -1.13. The molecular formula is C14H12O5S2. The van der Waals surface area contributed by atoms with Crippen molar-refractivity contribution in [2.24, 2.45) is 0 Å². The zero-order chi connectivity index (χ0) is 15.0. The third kappa shape index (κ3) is 2.71. The largest absolute Gasteiger partial charge is 0.475 e. The number of carbonyl (C=O) groups is 1. The van der Waals surface area contributed by atoms with Crippen molar-refractivity contribution in [1.82, 2.24) is 0 Å². The average Bonchev–Trinajstić information content (AvgIpc) is 3.06. The molecule has 110 valence electrons. The van der Waals surface area contributed by atoms with E-state index < -0.39 is 15.8 Å². The molecule has 1 unspecified atom stereocenters. The molecule has 0 amide bonds. The van der Waals surface area contributed by atoms with Crippen LogP contribution < -0.4 is 0 Å². The Morgan fingerprint density at radius 3 is 2.76 bits per heavy atom. The second-order valence-corrected chi connectivity index (χ2v) is 7.78. The highest BCUT2D eigenvalue weighted by Crippen LogP contribution is 2.40. The maximum absolute atomic E-state index is 12.3. The fourth-order valence-corrected chi connectivity index (χ4v) is 5.20. The second kappa shape index (κ2) is 5.23. The van der Waals surface area contributed by atoms with Crippen molar-refractivity contribution in [3.05, 3.63) is 47.7 Å². The molecule has 1 aromatic carbocycles. The fraction of sp³-hybridized carbons (Fsp3) is 0.214. The van der Waals surface area contributed by atoms with Crippen molar-refractivity contribution in [2.45, 2.75) is 15.9 Å². The van der Waals surface area contributed by atoms with Gasteiger partial charge < -0.3 is 9.52 Å². The van der Waals surface area contributed by atoms with Crippen LogP contribution in [0.2, 0.25) is 0 Å². The molecule has 1 N–H and O–H groups in total. The summed E-state index contributed by atoms with van der Waals surface area (Å²) in [5, 5.41) is 8.50. The Balaban J connectivity index is 1.85. The number of carboxylic acids is 1. The Labute approximate surface area is 125 Å². The summed E-state index contributed by atoms with van der Waals surface area (Å²) in [6, 6.07) is 10.1. The second-order valence-electron chi connectivity index (χ2n) is 4.75. The molecule has 0 saturated heterocycles. The summed E-state index contributed by atoms with van der Waals surface area (Å²) < 4.78 is 29.6. The van der Waals surface area contributed by atoms with E-state index in [9.17, 15) is 13.2 Å². The molecule has 0 fully saturated rings. The van der Waals surface area contributed by atoms with Crippen LogP contribution >= 0.6 is 11.8 Å². The minimum Gasteiger partial charge on any atom is -0.475 e. The van der Waals surface area contributed by atoms with E-state index in [1.807, 2.05) is 24.3 Å². The van der Waals surface area contributed by atoms with E-state index in [0.29, 0.717) is 5.75 Å². The average molecular weight is 324 g/mol. The van der Waals surface area contributed by atoms with Gasteiger partial charge in [0, 0.05) is 16.6 Å². The minimum atomic E-state index is -3.64. The van der Waals surface area contributed by atoms with Gasteiger partial charge in [0.25, 0.3) is 0 Å². The van der Waals surface area contributed by atoms with Crippen molar-refractivity contribution >= 4 is 27.6 Å². The van der Waals surface area contributed by atoms with Crippen LogP contribution in [0, 0.1) is 0 Å². The summed E-state index contributed by atoms with van der Waals surface area (Å²) in [4.78, 5) is 11.9. The molecule has 0 radical (unpaired) electrons. The zero-order valence-corrected chi connectivity index (χ0v) is 12.5. The smallest absolute Gasteiger partial charge is 0.371 e. The molecule has 3 rings (SSSR count). The fourth-order valence-electron chi connectivity index (χ4n) is 2.32. The van der Waals surface area contributed by atoms with E-state index in [-0.39, 0.29) is 22.5 Å². The predicted molar refractivity (Wildman–Crippen MR) is 77.6 cm³/mol. The summed E-state index contributed by atoms with van der Waals surface area (Å²) in [6.45, 7) is 0. The van der Waals surface area contributed by atoms with Crippen LogP contribution in [0.15, 0.2) is 50.8 Å². The molecular weight excluding hydrogens is 312 g/mol. The quantitative estimate of drug-likeness (QED) is 0.930. The third-order valence-corrected chi connectivity index (χ3v) is 6.24. The number of benzene rings is 1. The molecule has 1 atom stereocenters. The number of hydrogen-bond acceptors (Lipinski definition) is 5. The van der Waals surface area contributed by atoms with Crippen LogP contribution in [0.25, 0.3) is 0 Å². The van der Waals surface area contributed by atoms with Crippen LogP contribution in [0.1, 0.15) is 22.0 Å². The third-order valence-electron chi connectivity index (χ3n) is 3.32. The van der Waals surface area contributed by atoms with E-state index in [2.05, 4.69) is 0 Å². The van der Waals surface area contributed by atoms with Crippen LogP contribution in [-0.4, -0.2) is 31.0 Å². The van der Waals surface area contributed by atoms with Crippen molar-refractivity contribution in [3.63, 3.8) is 0 Å². The minimum absolute atomic E-state index is 0.0798. The van der Waals surface area contributed by atoms with Gasteiger partial charge in [0.05, 0.1) is 5.75 Å². The summed E-state index contributed by atoms with van der Waals surface area (Å²) in [7, 11) is -3.64. The normalized spacial score (nSPS) is 17.6. The molecule has 0 bridgehead atoms.